The first kappa shape index (κ1) is 18.8. The van der Waals surface area contributed by atoms with Gasteiger partial charge in [0.2, 0.25) is 0 Å². The first-order valence-corrected chi connectivity index (χ1v) is 10.8. The van der Waals surface area contributed by atoms with E-state index in [0.717, 1.165) is 31.4 Å². The number of hydrogen-bond donors (Lipinski definition) is 0. The minimum Gasteiger partial charge on any atom is -0.384 e. The van der Waals surface area contributed by atoms with Gasteiger partial charge in [0.05, 0.1) is 6.61 Å². The lowest BCUT2D eigenvalue weighted by molar-refractivity contribution is 0.123. The number of methoxy groups -OCH3 is 1. The lowest BCUT2D eigenvalue weighted by atomic mass is 10.4. The Morgan fingerprint density at radius 1 is 0.905 bits per heavy atom. The zero-order chi connectivity index (χ0) is 15.6. The highest BCUT2D eigenvalue weighted by Crippen LogP contribution is 2.36. The van der Waals surface area contributed by atoms with E-state index < -0.39 is 8.80 Å². The van der Waals surface area contributed by atoms with Gasteiger partial charge in [-0.15, -0.1) is 0 Å². The smallest absolute Gasteiger partial charge is 0.384 e. The Kier molecular flexibility index (Phi) is 9.32. The van der Waals surface area contributed by atoms with Crippen LogP contribution in [0.2, 0.25) is 6.04 Å². The highest BCUT2D eigenvalue weighted by atomic mass is 31.1. The van der Waals surface area contributed by atoms with E-state index in [2.05, 4.69) is 30.3 Å². The van der Waals surface area contributed by atoms with E-state index in [0.29, 0.717) is 0 Å². The van der Waals surface area contributed by atoms with Gasteiger partial charge in [-0.25, -0.2) is 0 Å². The standard InChI is InChI=1S/C15H27O4PSi/c1-16-11-13-20(15-9-6-5-7-10-15)12-8-14-21(17-2,18-3)19-4/h5-7,9-10H,8,11-14H2,1-4H3. The summed E-state index contributed by atoms with van der Waals surface area (Å²) in [6, 6.07) is 11.6. The predicted molar refractivity (Wildman–Crippen MR) is 90.8 cm³/mol. The quantitative estimate of drug-likeness (QED) is 0.462. The topological polar surface area (TPSA) is 36.9 Å². The van der Waals surface area contributed by atoms with Gasteiger partial charge in [0, 0.05) is 34.5 Å². The molecule has 0 radical (unpaired) electrons. The molecule has 1 aromatic rings. The summed E-state index contributed by atoms with van der Waals surface area (Å²) >= 11 is 0. The van der Waals surface area contributed by atoms with Gasteiger partial charge >= 0.3 is 8.80 Å². The van der Waals surface area contributed by atoms with Crippen LogP contribution in [-0.2, 0) is 18.0 Å². The van der Waals surface area contributed by atoms with Gasteiger partial charge in [0.1, 0.15) is 0 Å². The highest BCUT2D eigenvalue weighted by Gasteiger charge is 2.37. The molecule has 1 atom stereocenters. The van der Waals surface area contributed by atoms with Crippen molar-refractivity contribution in [1.82, 2.24) is 0 Å². The minimum absolute atomic E-state index is 0.199. The Bertz CT molecular complexity index is 365. The van der Waals surface area contributed by atoms with Gasteiger partial charge < -0.3 is 18.0 Å². The van der Waals surface area contributed by atoms with Crippen molar-refractivity contribution in [1.29, 1.82) is 0 Å². The molecule has 0 spiro atoms. The van der Waals surface area contributed by atoms with E-state index in [9.17, 15) is 0 Å². The van der Waals surface area contributed by atoms with Crippen LogP contribution in [0.1, 0.15) is 6.42 Å². The maximum Gasteiger partial charge on any atom is 0.500 e. The summed E-state index contributed by atoms with van der Waals surface area (Å²) in [5.74, 6) is 0. The Morgan fingerprint density at radius 3 is 2.05 bits per heavy atom. The van der Waals surface area contributed by atoms with Gasteiger partial charge in [-0.05, 0) is 24.0 Å². The molecule has 0 aliphatic heterocycles. The van der Waals surface area contributed by atoms with Gasteiger partial charge in [-0.3, -0.25) is 0 Å². The van der Waals surface area contributed by atoms with Crippen molar-refractivity contribution < 1.29 is 18.0 Å². The van der Waals surface area contributed by atoms with Crippen LogP contribution < -0.4 is 5.30 Å². The fourth-order valence-electron chi connectivity index (χ4n) is 2.25. The summed E-state index contributed by atoms with van der Waals surface area (Å²) in [4.78, 5) is 0. The second-order valence-electron chi connectivity index (χ2n) is 4.71. The lowest BCUT2D eigenvalue weighted by Gasteiger charge is -2.25. The molecule has 0 heterocycles. The fraction of sp³-hybridized carbons (Fsp3) is 0.600. The Morgan fingerprint density at radius 2 is 1.52 bits per heavy atom. The molecule has 1 aromatic carbocycles. The van der Waals surface area contributed by atoms with E-state index >= 15 is 0 Å². The summed E-state index contributed by atoms with van der Waals surface area (Å²) in [6.45, 7) is 0.808. The maximum absolute atomic E-state index is 5.48. The molecule has 0 saturated heterocycles. The second kappa shape index (κ2) is 10.4. The molecule has 0 aromatic heterocycles. The normalized spacial score (nSPS) is 13.3. The summed E-state index contributed by atoms with van der Waals surface area (Å²) in [5.41, 5.74) is 0. The lowest BCUT2D eigenvalue weighted by Crippen LogP contribution is -2.42. The van der Waals surface area contributed by atoms with Crippen molar-refractivity contribution in [3.63, 3.8) is 0 Å². The molecule has 0 bridgehead atoms. The molecule has 0 aliphatic carbocycles. The van der Waals surface area contributed by atoms with Crippen molar-refractivity contribution in [3.05, 3.63) is 30.3 Å². The summed E-state index contributed by atoms with van der Waals surface area (Å²) < 4.78 is 21.7. The average Bonchev–Trinajstić information content (AvgIpc) is 2.56. The largest absolute Gasteiger partial charge is 0.500 e. The van der Waals surface area contributed by atoms with Gasteiger partial charge in [0.15, 0.2) is 0 Å². The third kappa shape index (κ3) is 6.15. The molecule has 0 N–H and O–H groups in total. The van der Waals surface area contributed by atoms with Crippen molar-refractivity contribution in [2.75, 3.05) is 47.4 Å². The molecule has 1 unspecified atom stereocenters. The molecule has 6 heteroatoms. The first-order valence-electron chi connectivity index (χ1n) is 7.15. The van der Waals surface area contributed by atoms with Crippen molar-refractivity contribution in [3.8, 4) is 0 Å². The minimum atomic E-state index is -2.44. The van der Waals surface area contributed by atoms with Gasteiger partial charge in [-0.1, -0.05) is 38.3 Å². The Labute approximate surface area is 130 Å². The van der Waals surface area contributed by atoms with E-state index in [1.54, 1.807) is 28.4 Å². The highest BCUT2D eigenvalue weighted by molar-refractivity contribution is 7.65. The molecule has 21 heavy (non-hydrogen) atoms. The SMILES string of the molecule is COCCP(CCC[Si](OC)(OC)OC)c1ccccc1. The maximum atomic E-state index is 5.48. The first-order chi connectivity index (χ1) is 10.2. The average molecular weight is 330 g/mol. The van der Waals surface area contributed by atoms with E-state index in [1.165, 1.54) is 5.30 Å². The van der Waals surface area contributed by atoms with Crippen LogP contribution in [0.25, 0.3) is 0 Å². The van der Waals surface area contributed by atoms with Crippen molar-refractivity contribution in [2.24, 2.45) is 0 Å². The zero-order valence-corrected chi connectivity index (χ0v) is 15.4. The summed E-state index contributed by atoms with van der Waals surface area (Å²) in [5, 5.41) is 1.43. The molecule has 0 aliphatic rings. The number of rotatable bonds is 11. The molecule has 4 nitrogen and oxygen atoms in total. The third-order valence-electron chi connectivity index (χ3n) is 3.53. The molecule has 0 fully saturated rings. The molecule has 0 saturated carbocycles. The Balaban J connectivity index is 2.58. The molecule has 0 amide bonds. The Hall–Kier alpha value is -0.293. The monoisotopic (exact) mass is 330 g/mol. The van der Waals surface area contributed by atoms with Crippen LogP contribution in [0.5, 0.6) is 0 Å². The van der Waals surface area contributed by atoms with Crippen molar-refractivity contribution >= 4 is 22.0 Å². The van der Waals surface area contributed by atoms with Crippen LogP contribution >= 0.6 is 7.92 Å². The number of ether oxygens (including phenoxy) is 1. The third-order valence-corrected chi connectivity index (χ3v) is 8.97. The fourth-order valence-corrected chi connectivity index (χ4v) is 6.55. The summed E-state index contributed by atoms with van der Waals surface area (Å²) in [6.07, 6.45) is 3.29. The number of hydrogen-bond acceptors (Lipinski definition) is 4. The van der Waals surface area contributed by atoms with Crippen LogP contribution in [-0.4, -0.2) is 56.2 Å². The van der Waals surface area contributed by atoms with Crippen LogP contribution in [0.15, 0.2) is 30.3 Å². The van der Waals surface area contributed by atoms with E-state index in [4.69, 9.17) is 18.0 Å². The van der Waals surface area contributed by atoms with Crippen LogP contribution in [0.4, 0.5) is 0 Å². The molecule has 120 valence electrons. The molecular formula is C15H27O4PSi. The summed E-state index contributed by atoms with van der Waals surface area (Å²) in [7, 11) is 4.14. The van der Waals surface area contributed by atoms with E-state index in [1.807, 2.05) is 0 Å². The van der Waals surface area contributed by atoms with Crippen LogP contribution in [0, 0.1) is 0 Å². The van der Waals surface area contributed by atoms with Crippen LogP contribution in [0.3, 0.4) is 0 Å². The number of benzene rings is 1. The van der Waals surface area contributed by atoms with E-state index in [-0.39, 0.29) is 7.92 Å². The zero-order valence-electron chi connectivity index (χ0n) is 13.5. The molecular weight excluding hydrogens is 303 g/mol. The predicted octanol–water partition coefficient (Wildman–Crippen LogP) is 2.71. The van der Waals surface area contributed by atoms with Gasteiger partial charge in [0.25, 0.3) is 0 Å². The van der Waals surface area contributed by atoms with Gasteiger partial charge in [-0.2, -0.15) is 0 Å². The van der Waals surface area contributed by atoms with Crippen molar-refractivity contribution in [2.45, 2.75) is 12.5 Å². The second-order valence-corrected chi connectivity index (χ2v) is 10.3. The molecule has 1 rings (SSSR count).